The summed E-state index contributed by atoms with van der Waals surface area (Å²) in [6.07, 6.45) is 3.53. The highest BCUT2D eigenvalue weighted by Crippen LogP contribution is 2.41. The van der Waals surface area contributed by atoms with E-state index in [1.165, 1.54) is 0 Å². The Morgan fingerprint density at radius 2 is 1.87 bits per heavy atom. The van der Waals surface area contributed by atoms with E-state index < -0.39 is 0 Å². The van der Waals surface area contributed by atoms with E-state index in [9.17, 15) is 4.79 Å². The number of para-hydroxylation sites is 2. The molecule has 0 atom stereocenters. The molecule has 1 fully saturated rings. The second kappa shape index (κ2) is 7.59. The van der Waals surface area contributed by atoms with Crippen molar-refractivity contribution >= 4 is 28.8 Å². The third-order valence-corrected chi connectivity index (χ3v) is 5.14. The monoisotopic (exact) mass is 403 g/mol. The average Bonchev–Trinajstić information content (AvgIpc) is 3.53. The molecule has 7 heteroatoms. The van der Waals surface area contributed by atoms with Gasteiger partial charge in [-0.3, -0.25) is 9.69 Å². The van der Waals surface area contributed by atoms with Gasteiger partial charge in [0, 0.05) is 12.0 Å². The summed E-state index contributed by atoms with van der Waals surface area (Å²) in [5.41, 5.74) is 2.27. The summed E-state index contributed by atoms with van der Waals surface area (Å²) in [4.78, 5) is 19.3. The lowest BCUT2D eigenvalue weighted by Crippen LogP contribution is -2.27. The minimum absolute atomic E-state index is 0.0572. The van der Waals surface area contributed by atoms with Crippen LogP contribution in [0.25, 0.3) is 0 Å². The number of hydrogen-bond donors (Lipinski definition) is 1. The smallest absolute Gasteiger partial charge is 0.234 e. The molecule has 1 aromatic heterocycles. The first-order chi connectivity index (χ1) is 14.7. The third kappa shape index (κ3) is 3.50. The highest BCUT2D eigenvalue weighted by atomic mass is 16.7. The number of pyridine rings is 1. The number of benzene rings is 2. The van der Waals surface area contributed by atoms with Gasteiger partial charge in [-0.05, 0) is 49.2 Å². The molecule has 152 valence electrons. The SMILES string of the molecule is COc1ccccc1Nc1ccc(N(C(=O)C2CC2)c2ccc3c(c2)OCO3)cn1. The Morgan fingerprint density at radius 3 is 2.63 bits per heavy atom. The maximum Gasteiger partial charge on any atom is 0.234 e. The van der Waals surface area contributed by atoms with Crippen molar-refractivity contribution in [2.45, 2.75) is 12.8 Å². The van der Waals surface area contributed by atoms with Gasteiger partial charge in [-0.1, -0.05) is 12.1 Å². The van der Waals surface area contributed by atoms with E-state index in [1.54, 1.807) is 18.2 Å². The molecular formula is C23H21N3O4. The van der Waals surface area contributed by atoms with Gasteiger partial charge in [-0.25, -0.2) is 4.98 Å². The largest absolute Gasteiger partial charge is 0.495 e. The lowest BCUT2D eigenvalue weighted by atomic mass is 10.2. The van der Waals surface area contributed by atoms with Crippen LogP contribution in [0.5, 0.6) is 17.2 Å². The van der Waals surface area contributed by atoms with E-state index in [0.29, 0.717) is 23.0 Å². The van der Waals surface area contributed by atoms with Crippen LogP contribution in [0.1, 0.15) is 12.8 Å². The number of ether oxygens (including phenoxy) is 3. The van der Waals surface area contributed by atoms with Crippen molar-refractivity contribution in [3.63, 3.8) is 0 Å². The number of carbonyl (C=O) groups is 1. The normalized spacial score (nSPS) is 14.3. The van der Waals surface area contributed by atoms with E-state index in [4.69, 9.17) is 14.2 Å². The molecule has 5 rings (SSSR count). The van der Waals surface area contributed by atoms with Crippen molar-refractivity contribution < 1.29 is 19.0 Å². The molecule has 0 saturated heterocycles. The summed E-state index contributed by atoms with van der Waals surface area (Å²) < 4.78 is 16.3. The fourth-order valence-corrected chi connectivity index (χ4v) is 3.42. The fraction of sp³-hybridized carbons (Fsp3) is 0.217. The van der Waals surface area contributed by atoms with Gasteiger partial charge in [0.1, 0.15) is 11.6 Å². The molecule has 1 aliphatic carbocycles. The summed E-state index contributed by atoms with van der Waals surface area (Å²) in [5, 5.41) is 3.25. The Kier molecular flexibility index (Phi) is 4.63. The number of aromatic nitrogens is 1. The van der Waals surface area contributed by atoms with Gasteiger partial charge in [0.2, 0.25) is 12.7 Å². The highest BCUT2D eigenvalue weighted by Gasteiger charge is 2.35. The minimum Gasteiger partial charge on any atom is -0.495 e. The van der Waals surface area contributed by atoms with Crippen LogP contribution in [-0.4, -0.2) is 24.8 Å². The lowest BCUT2D eigenvalue weighted by molar-refractivity contribution is -0.119. The number of methoxy groups -OCH3 is 1. The Bertz CT molecular complexity index is 1080. The van der Waals surface area contributed by atoms with Crippen LogP contribution in [0.2, 0.25) is 0 Å². The molecule has 2 aromatic carbocycles. The predicted octanol–water partition coefficient (Wildman–Crippen LogP) is 4.64. The number of nitrogens with zero attached hydrogens (tertiary/aromatic N) is 2. The molecule has 7 nitrogen and oxygen atoms in total. The topological polar surface area (TPSA) is 72.9 Å². The van der Waals surface area contributed by atoms with Crippen LogP contribution in [-0.2, 0) is 4.79 Å². The average molecular weight is 403 g/mol. The van der Waals surface area contributed by atoms with Crippen molar-refractivity contribution in [2.24, 2.45) is 5.92 Å². The van der Waals surface area contributed by atoms with Crippen molar-refractivity contribution in [1.82, 2.24) is 4.98 Å². The van der Waals surface area contributed by atoms with Crippen molar-refractivity contribution in [1.29, 1.82) is 0 Å². The Labute approximate surface area is 174 Å². The van der Waals surface area contributed by atoms with Crippen LogP contribution in [0.3, 0.4) is 0 Å². The van der Waals surface area contributed by atoms with E-state index in [2.05, 4.69) is 10.3 Å². The zero-order chi connectivity index (χ0) is 20.5. The van der Waals surface area contributed by atoms with E-state index >= 15 is 0 Å². The van der Waals surface area contributed by atoms with Crippen LogP contribution < -0.4 is 24.4 Å². The zero-order valence-electron chi connectivity index (χ0n) is 16.5. The Morgan fingerprint density at radius 1 is 1.07 bits per heavy atom. The number of nitrogens with one attached hydrogen (secondary N) is 1. The number of carbonyl (C=O) groups excluding carboxylic acids is 1. The molecule has 0 unspecified atom stereocenters. The number of hydrogen-bond acceptors (Lipinski definition) is 6. The summed E-state index contributed by atoms with van der Waals surface area (Å²) in [6, 6.07) is 16.9. The number of rotatable bonds is 6. The molecule has 1 N–H and O–H groups in total. The molecule has 1 amide bonds. The molecule has 0 bridgehead atoms. The van der Waals surface area contributed by atoms with E-state index in [-0.39, 0.29) is 18.6 Å². The summed E-state index contributed by atoms with van der Waals surface area (Å²) in [7, 11) is 1.63. The van der Waals surface area contributed by atoms with Gasteiger partial charge in [-0.15, -0.1) is 0 Å². The molecule has 3 aromatic rings. The Hall–Kier alpha value is -3.74. The summed E-state index contributed by atoms with van der Waals surface area (Å²) in [5.74, 6) is 2.85. The first-order valence-electron chi connectivity index (χ1n) is 9.82. The summed E-state index contributed by atoms with van der Waals surface area (Å²) >= 11 is 0. The summed E-state index contributed by atoms with van der Waals surface area (Å²) in [6.45, 7) is 0.195. The third-order valence-electron chi connectivity index (χ3n) is 5.14. The van der Waals surface area contributed by atoms with Gasteiger partial charge in [0.05, 0.1) is 30.4 Å². The van der Waals surface area contributed by atoms with Crippen LogP contribution >= 0.6 is 0 Å². The predicted molar refractivity (Wildman–Crippen MR) is 113 cm³/mol. The first kappa shape index (κ1) is 18.3. The number of fused-ring (bicyclic) bond motifs is 1. The first-order valence-corrected chi connectivity index (χ1v) is 9.82. The molecule has 1 aliphatic heterocycles. The zero-order valence-corrected chi connectivity index (χ0v) is 16.5. The maximum atomic E-state index is 13.1. The molecule has 2 aliphatic rings. The van der Waals surface area contributed by atoms with Gasteiger partial charge < -0.3 is 19.5 Å². The minimum atomic E-state index is 0.0572. The Balaban J connectivity index is 1.44. The van der Waals surface area contributed by atoms with Crippen LogP contribution in [0.4, 0.5) is 22.9 Å². The van der Waals surface area contributed by atoms with Crippen LogP contribution in [0, 0.1) is 5.92 Å². The number of amides is 1. The second-order valence-electron chi connectivity index (χ2n) is 7.21. The van der Waals surface area contributed by atoms with E-state index in [0.717, 1.165) is 30.0 Å². The molecular weight excluding hydrogens is 382 g/mol. The van der Waals surface area contributed by atoms with Crippen molar-refractivity contribution in [2.75, 3.05) is 24.1 Å². The standard InChI is InChI=1S/C23H21N3O4/c1-28-19-5-3-2-4-18(19)25-22-11-9-17(13-24-22)26(23(27)15-6-7-15)16-8-10-20-21(12-16)30-14-29-20/h2-5,8-13,15H,6-7,14H2,1H3,(H,24,25). The second-order valence-corrected chi connectivity index (χ2v) is 7.21. The maximum absolute atomic E-state index is 13.1. The molecule has 2 heterocycles. The van der Waals surface area contributed by atoms with E-state index in [1.807, 2.05) is 54.6 Å². The van der Waals surface area contributed by atoms with Gasteiger partial charge in [-0.2, -0.15) is 0 Å². The van der Waals surface area contributed by atoms with Crippen LogP contribution in [0.15, 0.2) is 60.8 Å². The van der Waals surface area contributed by atoms with Gasteiger partial charge in [0.15, 0.2) is 11.5 Å². The van der Waals surface area contributed by atoms with Gasteiger partial charge >= 0.3 is 0 Å². The van der Waals surface area contributed by atoms with Gasteiger partial charge in [0.25, 0.3) is 0 Å². The highest BCUT2D eigenvalue weighted by molar-refractivity contribution is 6.03. The molecule has 0 radical (unpaired) electrons. The molecule has 30 heavy (non-hydrogen) atoms. The lowest BCUT2D eigenvalue weighted by Gasteiger charge is -2.23. The van der Waals surface area contributed by atoms with Crippen molar-refractivity contribution in [3.05, 3.63) is 60.8 Å². The fourth-order valence-electron chi connectivity index (χ4n) is 3.42. The molecule has 1 saturated carbocycles. The number of anilines is 4. The molecule has 0 spiro atoms. The van der Waals surface area contributed by atoms with Crippen molar-refractivity contribution in [3.8, 4) is 17.2 Å². The quantitative estimate of drug-likeness (QED) is 0.647.